The summed E-state index contributed by atoms with van der Waals surface area (Å²) in [4.78, 5) is 14.4. The molecule has 2 heterocycles. The summed E-state index contributed by atoms with van der Waals surface area (Å²) in [6, 6.07) is 13.8. The number of benzene rings is 2. The average Bonchev–Trinajstić information content (AvgIpc) is 3.21. The second-order valence-electron chi connectivity index (χ2n) is 6.67. The predicted molar refractivity (Wildman–Crippen MR) is 120 cm³/mol. The number of allylic oxidation sites excluding steroid dienone is 2. The lowest BCUT2D eigenvalue weighted by atomic mass is 10.0. The molecule has 0 atom stereocenters. The van der Waals surface area contributed by atoms with Gasteiger partial charge in [0, 0.05) is 24.5 Å². The number of hydroxylamine groups is 1. The summed E-state index contributed by atoms with van der Waals surface area (Å²) in [5.41, 5.74) is 17.5. The summed E-state index contributed by atoms with van der Waals surface area (Å²) in [6.45, 7) is 8.04. The van der Waals surface area contributed by atoms with E-state index in [0.717, 1.165) is 33.8 Å². The van der Waals surface area contributed by atoms with Crippen molar-refractivity contribution in [2.75, 3.05) is 10.8 Å². The number of H-pyrrole nitrogens is 1. The smallest absolute Gasteiger partial charge is 0.177 e. The molecule has 3 aromatic rings. The zero-order chi connectivity index (χ0) is 20.9. The third-order valence-electron chi connectivity index (χ3n) is 4.73. The summed E-state index contributed by atoms with van der Waals surface area (Å²) >= 11 is 0. The molecule has 30 heavy (non-hydrogen) atoms. The van der Waals surface area contributed by atoms with Gasteiger partial charge in [0.2, 0.25) is 0 Å². The van der Waals surface area contributed by atoms with Gasteiger partial charge in [-0.3, -0.25) is 0 Å². The molecule has 0 amide bonds. The van der Waals surface area contributed by atoms with Gasteiger partial charge in [0.25, 0.3) is 0 Å². The Labute approximate surface area is 174 Å². The first-order chi connectivity index (χ1) is 14.7. The number of aromatic amines is 1. The van der Waals surface area contributed by atoms with E-state index in [2.05, 4.69) is 34.4 Å². The van der Waals surface area contributed by atoms with Crippen molar-refractivity contribution in [3.05, 3.63) is 97.1 Å². The zero-order valence-electron chi connectivity index (χ0n) is 16.4. The molecule has 1 aromatic heterocycles. The van der Waals surface area contributed by atoms with Crippen LogP contribution in [-0.2, 0) is 6.54 Å². The molecule has 0 radical (unpaired) electrons. The van der Waals surface area contributed by atoms with Crippen LogP contribution >= 0.6 is 0 Å². The minimum atomic E-state index is 0.451. The highest BCUT2D eigenvalue weighted by molar-refractivity contribution is 5.78. The molecule has 0 unspecified atom stereocenters. The molecule has 6 N–H and O–H groups in total. The van der Waals surface area contributed by atoms with Crippen molar-refractivity contribution >= 4 is 11.4 Å². The highest BCUT2D eigenvalue weighted by Crippen LogP contribution is 2.33. The summed E-state index contributed by atoms with van der Waals surface area (Å²) in [5, 5.41) is 3.42. The number of anilines is 2. The van der Waals surface area contributed by atoms with Crippen molar-refractivity contribution in [3.63, 3.8) is 0 Å². The van der Waals surface area contributed by atoms with Crippen molar-refractivity contribution in [1.29, 1.82) is 0 Å². The van der Waals surface area contributed by atoms with Crippen LogP contribution in [0.5, 0.6) is 11.5 Å². The fourth-order valence-corrected chi connectivity index (χ4v) is 3.06. The second-order valence-corrected chi connectivity index (χ2v) is 6.67. The Bertz CT molecular complexity index is 1120. The third kappa shape index (κ3) is 3.95. The molecule has 0 fully saturated rings. The highest BCUT2D eigenvalue weighted by atomic mass is 16.6. The predicted octanol–water partition coefficient (Wildman–Crippen LogP) is 4.44. The second kappa shape index (κ2) is 8.40. The van der Waals surface area contributed by atoms with E-state index in [1.807, 2.05) is 54.9 Å². The van der Waals surface area contributed by atoms with E-state index in [9.17, 15) is 0 Å². The lowest BCUT2D eigenvalue weighted by molar-refractivity contribution is 0.232. The van der Waals surface area contributed by atoms with Crippen LogP contribution in [0.2, 0.25) is 0 Å². The van der Waals surface area contributed by atoms with Gasteiger partial charge in [-0.25, -0.2) is 11.0 Å². The van der Waals surface area contributed by atoms with E-state index in [0.29, 0.717) is 23.7 Å². The number of hydrogen-bond acceptors (Lipinski definition) is 6. The molecule has 0 spiro atoms. The molecule has 152 valence electrons. The normalized spacial score (nSPS) is 12.9. The third-order valence-corrected chi connectivity index (χ3v) is 4.73. The van der Waals surface area contributed by atoms with Crippen LogP contribution in [0.4, 0.5) is 11.4 Å². The van der Waals surface area contributed by atoms with Crippen LogP contribution in [0.25, 0.3) is 11.1 Å². The zero-order valence-corrected chi connectivity index (χ0v) is 16.4. The molecule has 1 aliphatic rings. The lowest BCUT2D eigenvalue weighted by Crippen LogP contribution is -2.20. The van der Waals surface area contributed by atoms with Crippen molar-refractivity contribution < 1.29 is 9.68 Å². The standard InChI is InChI=1S/C23H23N5O2/c1-3-19(24)20(4-2)27-29-18-7-5-6-15(10-18)16-8-9-21-22(11-16)28-30-23-14-25-12-17(23)13-26-21/h3-12,14,25-28H,1-2,13,24H2/b20-19+. The van der Waals surface area contributed by atoms with Gasteiger partial charge in [0.15, 0.2) is 11.5 Å². The minimum absolute atomic E-state index is 0.451. The van der Waals surface area contributed by atoms with E-state index in [4.69, 9.17) is 15.4 Å². The largest absolute Gasteiger partial charge is 0.397 e. The quantitative estimate of drug-likeness (QED) is 0.310. The van der Waals surface area contributed by atoms with Crippen LogP contribution in [0.3, 0.4) is 0 Å². The molecule has 2 aromatic carbocycles. The maximum atomic E-state index is 5.85. The first-order valence-electron chi connectivity index (χ1n) is 9.42. The van der Waals surface area contributed by atoms with E-state index in [-0.39, 0.29) is 0 Å². The number of rotatable bonds is 6. The Morgan fingerprint density at radius 3 is 2.77 bits per heavy atom. The topological polar surface area (TPSA) is 96.4 Å². The Morgan fingerprint density at radius 2 is 1.93 bits per heavy atom. The molecule has 7 nitrogen and oxygen atoms in total. The van der Waals surface area contributed by atoms with Crippen LogP contribution in [0, 0.1) is 0 Å². The fraction of sp³-hybridized carbons (Fsp3) is 0.0435. The summed E-state index contributed by atoms with van der Waals surface area (Å²) in [5.74, 6) is 1.40. The van der Waals surface area contributed by atoms with Crippen molar-refractivity contribution in [3.8, 4) is 22.6 Å². The molecule has 0 bridgehead atoms. The van der Waals surface area contributed by atoms with Gasteiger partial charge in [0.1, 0.15) is 0 Å². The van der Waals surface area contributed by atoms with Gasteiger partial charge in [-0.2, -0.15) is 0 Å². The molecule has 0 aliphatic carbocycles. The monoisotopic (exact) mass is 401 g/mol. The number of fused-ring (bicyclic) bond motifs is 2. The first kappa shape index (κ1) is 19.1. The van der Waals surface area contributed by atoms with Gasteiger partial charge in [-0.15, -0.1) is 0 Å². The summed E-state index contributed by atoms with van der Waals surface area (Å²) in [7, 11) is 0. The van der Waals surface area contributed by atoms with Gasteiger partial charge >= 0.3 is 0 Å². The van der Waals surface area contributed by atoms with Crippen LogP contribution < -0.4 is 31.7 Å². The van der Waals surface area contributed by atoms with E-state index in [1.54, 1.807) is 6.08 Å². The molecule has 1 aliphatic heterocycles. The van der Waals surface area contributed by atoms with Gasteiger partial charge in [-0.1, -0.05) is 31.4 Å². The lowest BCUT2D eigenvalue weighted by Gasteiger charge is -2.19. The summed E-state index contributed by atoms with van der Waals surface area (Å²) < 4.78 is 0. The van der Waals surface area contributed by atoms with E-state index in [1.165, 1.54) is 6.08 Å². The van der Waals surface area contributed by atoms with Crippen molar-refractivity contribution in [1.82, 2.24) is 10.5 Å². The highest BCUT2D eigenvalue weighted by Gasteiger charge is 2.13. The number of hydrogen-bond donors (Lipinski definition) is 5. The molecule has 0 saturated carbocycles. The Hall–Kier alpha value is -4.26. The maximum Gasteiger partial charge on any atom is 0.177 e. The van der Waals surface area contributed by atoms with Gasteiger partial charge in [-0.05, 0) is 47.5 Å². The first-order valence-corrected chi connectivity index (χ1v) is 9.42. The molecule has 0 saturated heterocycles. The number of nitrogens with one attached hydrogen (secondary N) is 4. The van der Waals surface area contributed by atoms with Crippen molar-refractivity contribution in [2.24, 2.45) is 5.73 Å². The van der Waals surface area contributed by atoms with Gasteiger partial charge in [0.05, 0.1) is 22.8 Å². The van der Waals surface area contributed by atoms with Crippen LogP contribution in [-0.4, -0.2) is 4.98 Å². The molecular weight excluding hydrogens is 378 g/mol. The average molecular weight is 401 g/mol. The van der Waals surface area contributed by atoms with Crippen molar-refractivity contribution in [2.45, 2.75) is 6.54 Å². The summed E-state index contributed by atoms with van der Waals surface area (Å²) in [6.07, 6.45) is 6.84. The Balaban J connectivity index is 1.54. The Morgan fingerprint density at radius 1 is 1.07 bits per heavy atom. The number of nitrogens with two attached hydrogens (primary N) is 1. The Kier molecular flexibility index (Phi) is 5.34. The maximum absolute atomic E-state index is 5.85. The van der Waals surface area contributed by atoms with Crippen LogP contribution in [0.15, 0.2) is 91.6 Å². The fourth-order valence-electron chi connectivity index (χ4n) is 3.06. The molecule has 4 rings (SSSR count). The SMILES string of the molecule is C=C/C(N)=C(/C=C)NOc1cccc(-c2ccc3c(c2)NOc2c[nH]cc2CN3)c1. The van der Waals surface area contributed by atoms with Gasteiger partial charge < -0.3 is 25.7 Å². The molecular formula is C23H23N5O2. The molecule has 7 heteroatoms. The number of aromatic nitrogens is 1. The van der Waals surface area contributed by atoms with Crippen LogP contribution in [0.1, 0.15) is 5.56 Å². The van der Waals surface area contributed by atoms with E-state index < -0.39 is 0 Å². The minimum Gasteiger partial charge on any atom is -0.397 e. The van der Waals surface area contributed by atoms with E-state index >= 15 is 0 Å².